The summed E-state index contributed by atoms with van der Waals surface area (Å²) >= 11 is 1.38. The molecule has 3 rings (SSSR count). The normalized spacial score (nSPS) is 12.5. The molecule has 0 saturated carbocycles. The highest BCUT2D eigenvalue weighted by Crippen LogP contribution is 2.28. The Morgan fingerprint density at radius 3 is 2.95 bits per heavy atom. The standard InChI is InChI=1S/C16H12N4OS/c1-20-10-11(9-18-20)6-7-14(21)12(8-17)16-19-13-4-2-3-5-15(13)22-16/h2-7,9-10,12H,1H3/b7-6+. The smallest absolute Gasteiger partial charge is 0.179 e. The van der Waals surface area contributed by atoms with E-state index in [4.69, 9.17) is 0 Å². The molecule has 0 aliphatic heterocycles. The first-order valence-corrected chi connectivity index (χ1v) is 7.44. The van der Waals surface area contributed by atoms with Gasteiger partial charge in [-0.1, -0.05) is 12.1 Å². The van der Waals surface area contributed by atoms with Gasteiger partial charge in [0.1, 0.15) is 5.01 Å². The molecule has 6 heteroatoms. The van der Waals surface area contributed by atoms with Gasteiger partial charge >= 0.3 is 0 Å². The van der Waals surface area contributed by atoms with Gasteiger partial charge in [0.05, 0.1) is 22.5 Å². The summed E-state index contributed by atoms with van der Waals surface area (Å²) in [4.78, 5) is 16.7. The molecule has 0 bridgehead atoms. The topological polar surface area (TPSA) is 71.6 Å². The van der Waals surface area contributed by atoms with E-state index in [2.05, 4.69) is 10.1 Å². The van der Waals surface area contributed by atoms with Crippen LogP contribution in [0.1, 0.15) is 16.5 Å². The summed E-state index contributed by atoms with van der Waals surface area (Å²) in [6.45, 7) is 0. The fraction of sp³-hybridized carbons (Fsp3) is 0.125. The summed E-state index contributed by atoms with van der Waals surface area (Å²) in [5, 5.41) is 13.9. The molecule has 108 valence electrons. The molecular formula is C16H12N4OS. The average Bonchev–Trinajstić information content (AvgIpc) is 3.11. The fourth-order valence-electron chi connectivity index (χ4n) is 2.05. The van der Waals surface area contributed by atoms with Crippen molar-refractivity contribution in [3.63, 3.8) is 0 Å². The molecule has 0 aliphatic rings. The Labute approximate surface area is 131 Å². The van der Waals surface area contributed by atoms with Gasteiger partial charge in [0.15, 0.2) is 11.7 Å². The van der Waals surface area contributed by atoms with Gasteiger partial charge in [0.25, 0.3) is 0 Å². The lowest BCUT2D eigenvalue weighted by atomic mass is 10.1. The van der Waals surface area contributed by atoms with Crippen molar-refractivity contribution in [2.24, 2.45) is 7.05 Å². The van der Waals surface area contributed by atoms with Gasteiger partial charge in [-0.3, -0.25) is 9.48 Å². The first kappa shape index (κ1) is 14.2. The quantitative estimate of drug-likeness (QED) is 0.695. The highest BCUT2D eigenvalue weighted by Gasteiger charge is 2.21. The molecule has 5 nitrogen and oxygen atoms in total. The van der Waals surface area contributed by atoms with E-state index < -0.39 is 5.92 Å². The van der Waals surface area contributed by atoms with Crippen molar-refractivity contribution in [3.8, 4) is 6.07 Å². The second kappa shape index (κ2) is 5.92. The van der Waals surface area contributed by atoms with Gasteiger partial charge in [-0.2, -0.15) is 10.4 Å². The third kappa shape index (κ3) is 2.80. The second-order valence-corrected chi connectivity index (χ2v) is 5.83. The maximum Gasteiger partial charge on any atom is 0.179 e. The van der Waals surface area contributed by atoms with Crippen molar-refractivity contribution < 1.29 is 4.79 Å². The Kier molecular flexibility index (Phi) is 3.81. The molecule has 22 heavy (non-hydrogen) atoms. The summed E-state index contributed by atoms with van der Waals surface area (Å²) in [6, 6.07) is 9.65. The first-order chi connectivity index (χ1) is 10.7. The first-order valence-electron chi connectivity index (χ1n) is 6.63. The monoisotopic (exact) mass is 308 g/mol. The number of carbonyl (C=O) groups is 1. The number of nitrogens with zero attached hydrogens (tertiary/aromatic N) is 4. The number of aromatic nitrogens is 3. The second-order valence-electron chi connectivity index (χ2n) is 4.76. The van der Waals surface area contributed by atoms with Gasteiger partial charge in [0.2, 0.25) is 0 Å². The molecule has 0 saturated heterocycles. The van der Waals surface area contributed by atoms with Crippen molar-refractivity contribution in [1.29, 1.82) is 5.26 Å². The summed E-state index contributed by atoms with van der Waals surface area (Å²) in [6.07, 6.45) is 6.52. The SMILES string of the molecule is Cn1cc(/C=C/C(=O)C(C#N)c2nc3ccccc3s2)cn1. The molecule has 1 atom stereocenters. The van der Waals surface area contributed by atoms with Crippen molar-refractivity contribution in [3.05, 3.63) is 53.3 Å². The van der Waals surface area contributed by atoms with Gasteiger partial charge in [-0.05, 0) is 24.3 Å². The Hall–Kier alpha value is -2.78. The largest absolute Gasteiger partial charge is 0.293 e. The van der Waals surface area contributed by atoms with Gasteiger partial charge in [-0.15, -0.1) is 11.3 Å². The predicted molar refractivity (Wildman–Crippen MR) is 85.2 cm³/mol. The molecule has 0 aliphatic carbocycles. The minimum atomic E-state index is -0.870. The molecule has 0 fully saturated rings. The molecule has 0 spiro atoms. The summed E-state index contributed by atoms with van der Waals surface area (Å²) in [7, 11) is 1.80. The van der Waals surface area contributed by atoms with E-state index in [-0.39, 0.29) is 5.78 Å². The van der Waals surface area contributed by atoms with Crippen LogP contribution in [0.4, 0.5) is 0 Å². The zero-order chi connectivity index (χ0) is 15.5. The van der Waals surface area contributed by atoms with Crippen molar-refractivity contribution >= 4 is 33.4 Å². The number of fused-ring (bicyclic) bond motifs is 1. The van der Waals surface area contributed by atoms with Gasteiger partial charge in [0, 0.05) is 18.8 Å². The highest BCUT2D eigenvalue weighted by atomic mass is 32.1. The number of benzene rings is 1. The zero-order valence-corrected chi connectivity index (χ0v) is 12.6. The van der Waals surface area contributed by atoms with E-state index in [1.54, 1.807) is 30.2 Å². The number of nitriles is 1. The van der Waals surface area contributed by atoms with Crippen LogP contribution >= 0.6 is 11.3 Å². The maximum absolute atomic E-state index is 12.3. The van der Waals surface area contributed by atoms with E-state index in [1.807, 2.05) is 30.3 Å². The Morgan fingerprint density at radius 1 is 1.45 bits per heavy atom. The Bertz CT molecular complexity index is 867. The number of allylic oxidation sites excluding steroid dienone is 1. The summed E-state index contributed by atoms with van der Waals surface area (Å²) < 4.78 is 2.63. The van der Waals surface area contributed by atoms with Crippen molar-refractivity contribution in [1.82, 2.24) is 14.8 Å². The lowest BCUT2D eigenvalue weighted by Crippen LogP contribution is -2.07. The molecule has 1 aromatic carbocycles. The maximum atomic E-state index is 12.3. The Balaban J connectivity index is 1.85. The number of aryl methyl sites for hydroxylation is 1. The van der Waals surface area contributed by atoms with Crippen LogP contribution in [0, 0.1) is 11.3 Å². The molecular weight excluding hydrogens is 296 g/mol. The minimum absolute atomic E-state index is 0.273. The van der Waals surface area contributed by atoms with Crippen LogP contribution in [0.15, 0.2) is 42.7 Å². The Morgan fingerprint density at radius 2 is 2.27 bits per heavy atom. The van der Waals surface area contributed by atoms with Gasteiger partial charge in [-0.25, -0.2) is 4.98 Å². The third-order valence-electron chi connectivity index (χ3n) is 3.14. The molecule has 0 N–H and O–H groups in total. The number of para-hydroxylation sites is 1. The minimum Gasteiger partial charge on any atom is -0.293 e. The van der Waals surface area contributed by atoms with Crippen LogP contribution < -0.4 is 0 Å². The molecule has 3 aromatic rings. The molecule has 0 amide bonds. The molecule has 2 aromatic heterocycles. The van der Waals surface area contributed by atoms with Crippen LogP contribution in [-0.2, 0) is 11.8 Å². The highest BCUT2D eigenvalue weighted by molar-refractivity contribution is 7.18. The molecule has 1 unspecified atom stereocenters. The average molecular weight is 308 g/mol. The predicted octanol–water partition coefficient (Wildman–Crippen LogP) is 2.92. The lowest BCUT2D eigenvalue weighted by molar-refractivity contribution is -0.114. The van der Waals surface area contributed by atoms with E-state index in [0.717, 1.165) is 15.8 Å². The summed E-state index contributed by atoms with van der Waals surface area (Å²) in [5.74, 6) is -1.14. The number of thiazole rings is 1. The summed E-state index contributed by atoms with van der Waals surface area (Å²) in [5.41, 5.74) is 1.63. The van der Waals surface area contributed by atoms with Crippen molar-refractivity contribution in [2.45, 2.75) is 5.92 Å². The lowest BCUT2D eigenvalue weighted by Gasteiger charge is -1.99. The van der Waals surface area contributed by atoms with E-state index in [0.29, 0.717) is 5.01 Å². The number of ketones is 1. The van der Waals surface area contributed by atoms with Crippen LogP contribution in [0.5, 0.6) is 0 Å². The number of rotatable bonds is 4. The van der Waals surface area contributed by atoms with Crippen LogP contribution in [0.2, 0.25) is 0 Å². The van der Waals surface area contributed by atoms with Crippen molar-refractivity contribution in [2.75, 3.05) is 0 Å². The van der Waals surface area contributed by atoms with E-state index in [1.165, 1.54) is 17.4 Å². The van der Waals surface area contributed by atoms with E-state index >= 15 is 0 Å². The van der Waals surface area contributed by atoms with Gasteiger partial charge < -0.3 is 0 Å². The van der Waals surface area contributed by atoms with Crippen LogP contribution in [-0.4, -0.2) is 20.5 Å². The molecule has 2 heterocycles. The number of carbonyl (C=O) groups excluding carboxylic acids is 1. The third-order valence-corrected chi connectivity index (χ3v) is 4.24. The number of hydrogen-bond acceptors (Lipinski definition) is 5. The number of hydrogen-bond donors (Lipinski definition) is 0. The van der Waals surface area contributed by atoms with Crippen LogP contribution in [0.3, 0.4) is 0 Å². The van der Waals surface area contributed by atoms with E-state index in [9.17, 15) is 10.1 Å². The molecule has 0 radical (unpaired) electrons. The fourth-order valence-corrected chi connectivity index (χ4v) is 3.08. The van der Waals surface area contributed by atoms with Crippen LogP contribution in [0.25, 0.3) is 16.3 Å². The zero-order valence-electron chi connectivity index (χ0n) is 11.8.